The van der Waals surface area contributed by atoms with Crippen molar-refractivity contribution in [2.75, 3.05) is 22.9 Å². The van der Waals surface area contributed by atoms with Crippen LogP contribution in [0.2, 0.25) is 0 Å². The van der Waals surface area contributed by atoms with Crippen LogP contribution in [0.3, 0.4) is 0 Å². The molecule has 35 heavy (non-hydrogen) atoms. The van der Waals surface area contributed by atoms with Gasteiger partial charge >= 0.3 is 0 Å². The van der Waals surface area contributed by atoms with Crippen molar-refractivity contribution in [1.82, 2.24) is 25.5 Å². The van der Waals surface area contributed by atoms with Crippen LogP contribution in [0, 0.1) is 11.8 Å². The van der Waals surface area contributed by atoms with Gasteiger partial charge in [-0.3, -0.25) is 9.89 Å². The maximum Gasteiger partial charge on any atom is 0.225 e. The predicted octanol–water partition coefficient (Wildman–Crippen LogP) is 3.87. The van der Waals surface area contributed by atoms with Crippen LogP contribution in [0.4, 0.5) is 17.6 Å². The lowest BCUT2D eigenvalue weighted by Crippen LogP contribution is -2.50. The van der Waals surface area contributed by atoms with E-state index in [0.29, 0.717) is 18.3 Å². The van der Waals surface area contributed by atoms with E-state index in [4.69, 9.17) is 11.5 Å². The lowest BCUT2D eigenvalue weighted by molar-refractivity contribution is -0.126. The molecule has 0 unspecified atom stereocenters. The van der Waals surface area contributed by atoms with Crippen molar-refractivity contribution in [3.8, 4) is 11.3 Å². The molecule has 3 heterocycles. The number of nitrogens with one attached hydrogen (secondary N) is 2. The number of hydrogen-bond acceptors (Lipinski definition) is 7. The van der Waals surface area contributed by atoms with Gasteiger partial charge in [-0.25, -0.2) is 4.98 Å². The Labute approximate surface area is 206 Å². The van der Waals surface area contributed by atoms with E-state index >= 15 is 0 Å². The normalized spacial score (nSPS) is 22.3. The minimum atomic E-state index is -0.0683. The largest absolute Gasteiger partial charge is 0.382 e. The Morgan fingerprint density at radius 3 is 2.71 bits per heavy atom. The first-order valence-electron chi connectivity index (χ1n) is 12.8. The summed E-state index contributed by atoms with van der Waals surface area (Å²) in [7, 11) is 0. The Balaban J connectivity index is 1.34. The SMILES string of the molecule is C[C@@H]1CC[C@H](C(=O)N[C@H](C)C2CCCCC2)CN1c1cc(-c2ccc3c(N)n[nH]c3c2)nc(N)n1. The minimum Gasteiger partial charge on any atom is -0.382 e. The Kier molecular flexibility index (Phi) is 6.49. The molecule has 1 saturated carbocycles. The van der Waals surface area contributed by atoms with E-state index < -0.39 is 0 Å². The number of carbonyl (C=O) groups excluding carboxylic acids is 1. The van der Waals surface area contributed by atoms with Crippen molar-refractivity contribution < 1.29 is 4.79 Å². The summed E-state index contributed by atoms with van der Waals surface area (Å²) in [5.74, 6) is 2.12. The second-order valence-corrected chi connectivity index (χ2v) is 10.3. The molecule has 186 valence electrons. The first-order valence-corrected chi connectivity index (χ1v) is 12.8. The van der Waals surface area contributed by atoms with Crippen LogP contribution in [-0.4, -0.2) is 44.7 Å². The number of hydrogen-bond donors (Lipinski definition) is 4. The zero-order valence-corrected chi connectivity index (χ0v) is 20.6. The van der Waals surface area contributed by atoms with Gasteiger partial charge in [0.05, 0.1) is 17.1 Å². The summed E-state index contributed by atoms with van der Waals surface area (Å²) < 4.78 is 0. The van der Waals surface area contributed by atoms with E-state index in [1.54, 1.807) is 0 Å². The number of fused-ring (bicyclic) bond motifs is 1. The van der Waals surface area contributed by atoms with Crippen molar-refractivity contribution in [2.45, 2.75) is 70.9 Å². The third-order valence-corrected chi connectivity index (χ3v) is 7.89. The average molecular weight is 477 g/mol. The second kappa shape index (κ2) is 9.71. The fourth-order valence-electron chi connectivity index (χ4n) is 5.68. The summed E-state index contributed by atoms with van der Waals surface area (Å²) >= 11 is 0. The van der Waals surface area contributed by atoms with Crippen LogP contribution in [-0.2, 0) is 4.79 Å². The van der Waals surface area contributed by atoms with E-state index in [0.717, 1.165) is 40.8 Å². The van der Waals surface area contributed by atoms with Crippen molar-refractivity contribution in [2.24, 2.45) is 11.8 Å². The van der Waals surface area contributed by atoms with Crippen LogP contribution in [0.25, 0.3) is 22.2 Å². The summed E-state index contributed by atoms with van der Waals surface area (Å²) in [6.07, 6.45) is 8.11. The molecule has 1 aliphatic carbocycles. The smallest absolute Gasteiger partial charge is 0.225 e. The quantitative estimate of drug-likeness (QED) is 0.438. The van der Waals surface area contributed by atoms with E-state index in [1.807, 2.05) is 24.3 Å². The highest BCUT2D eigenvalue weighted by Gasteiger charge is 2.32. The number of aromatic amines is 1. The lowest BCUT2D eigenvalue weighted by Gasteiger charge is -2.39. The summed E-state index contributed by atoms with van der Waals surface area (Å²) in [5, 5.41) is 11.2. The summed E-state index contributed by atoms with van der Waals surface area (Å²) in [4.78, 5) is 24.4. The molecule has 6 N–H and O–H groups in total. The molecule has 1 aliphatic heterocycles. The third-order valence-electron chi connectivity index (χ3n) is 7.89. The predicted molar refractivity (Wildman–Crippen MR) is 140 cm³/mol. The van der Waals surface area contributed by atoms with E-state index in [9.17, 15) is 4.79 Å². The molecule has 1 saturated heterocycles. The summed E-state index contributed by atoms with van der Waals surface area (Å²) in [5.41, 5.74) is 14.5. The molecular weight excluding hydrogens is 440 g/mol. The highest BCUT2D eigenvalue weighted by molar-refractivity contribution is 5.91. The highest BCUT2D eigenvalue weighted by Crippen LogP contribution is 2.32. The molecule has 5 rings (SSSR count). The van der Waals surface area contributed by atoms with Gasteiger partial charge in [-0.15, -0.1) is 0 Å². The average Bonchev–Trinajstić information content (AvgIpc) is 3.24. The number of nitrogens with two attached hydrogens (primary N) is 2. The van der Waals surface area contributed by atoms with Gasteiger partial charge in [0, 0.05) is 35.6 Å². The Morgan fingerprint density at radius 2 is 1.91 bits per heavy atom. The molecule has 0 bridgehead atoms. The minimum absolute atomic E-state index is 0.0683. The summed E-state index contributed by atoms with van der Waals surface area (Å²) in [6.45, 7) is 4.96. The molecule has 9 heteroatoms. The fraction of sp³-hybridized carbons (Fsp3) is 0.538. The standard InChI is InChI=1S/C26H36N8O/c1-15-8-9-19(25(35)29-16(2)17-6-4-3-5-7-17)14-34(15)23-13-21(30-26(28)31-23)18-10-11-20-22(12-18)32-33-24(20)27/h10-13,15-17,19H,3-9,14H2,1-2H3,(H,29,35)(H3,27,32,33)(H2,28,30,31)/t15-,16-,19+/m1/s1. The maximum atomic E-state index is 13.2. The van der Waals surface area contributed by atoms with Crippen molar-refractivity contribution in [1.29, 1.82) is 0 Å². The number of rotatable bonds is 5. The van der Waals surface area contributed by atoms with Crippen LogP contribution in [0.1, 0.15) is 58.8 Å². The number of nitrogens with zero attached hydrogens (tertiary/aromatic N) is 4. The topological polar surface area (TPSA) is 139 Å². The van der Waals surface area contributed by atoms with Gasteiger partial charge < -0.3 is 21.7 Å². The van der Waals surface area contributed by atoms with Gasteiger partial charge in [-0.2, -0.15) is 10.1 Å². The van der Waals surface area contributed by atoms with Crippen LogP contribution < -0.4 is 21.7 Å². The molecule has 2 aliphatic rings. The molecular formula is C26H36N8O. The number of aromatic nitrogens is 4. The molecule has 2 fully saturated rings. The number of amides is 1. The molecule has 9 nitrogen and oxygen atoms in total. The van der Waals surface area contributed by atoms with Crippen LogP contribution in [0.5, 0.6) is 0 Å². The van der Waals surface area contributed by atoms with Gasteiger partial charge in [0.2, 0.25) is 11.9 Å². The maximum absolute atomic E-state index is 13.2. The molecule has 3 atom stereocenters. The molecule has 0 spiro atoms. The molecule has 1 aromatic carbocycles. The second-order valence-electron chi connectivity index (χ2n) is 10.3. The van der Waals surface area contributed by atoms with E-state index in [2.05, 4.69) is 44.2 Å². The zero-order chi connectivity index (χ0) is 24.5. The van der Waals surface area contributed by atoms with Gasteiger partial charge in [0.25, 0.3) is 0 Å². The number of benzene rings is 1. The van der Waals surface area contributed by atoms with Gasteiger partial charge in [0.1, 0.15) is 5.82 Å². The number of piperidine rings is 1. The van der Waals surface area contributed by atoms with Crippen molar-refractivity contribution in [3.63, 3.8) is 0 Å². The Hall–Kier alpha value is -3.36. The van der Waals surface area contributed by atoms with Crippen LogP contribution >= 0.6 is 0 Å². The molecule has 1 amide bonds. The Morgan fingerprint density at radius 1 is 1.11 bits per heavy atom. The number of nitrogen functional groups attached to an aromatic ring is 2. The number of H-pyrrole nitrogens is 1. The van der Waals surface area contributed by atoms with Crippen molar-refractivity contribution >= 4 is 34.4 Å². The van der Waals surface area contributed by atoms with Gasteiger partial charge in [-0.1, -0.05) is 25.3 Å². The summed E-state index contributed by atoms with van der Waals surface area (Å²) in [6, 6.07) is 8.29. The Bertz CT molecular complexity index is 1200. The number of carbonyl (C=O) groups is 1. The fourth-order valence-corrected chi connectivity index (χ4v) is 5.68. The zero-order valence-electron chi connectivity index (χ0n) is 20.6. The van der Waals surface area contributed by atoms with Crippen LogP contribution in [0.15, 0.2) is 24.3 Å². The first-order chi connectivity index (χ1) is 16.9. The third kappa shape index (κ3) is 4.90. The molecule has 0 radical (unpaired) electrons. The number of anilines is 3. The molecule has 3 aromatic rings. The van der Waals surface area contributed by atoms with Gasteiger partial charge in [-0.05, 0) is 57.6 Å². The van der Waals surface area contributed by atoms with Gasteiger partial charge in [0.15, 0.2) is 5.82 Å². The monoisotopic (exact) mass is 476 g/mol. The van der Waals surface area contributed by atoms with E-state index in [-0.39, 0.29) is 29.9 Å². The molecule has 2 aromatic heterocycles. The lowest BCUT2D eigenvalue weighted by atomic mass is 9.84. The van der Waals surface area contributed by atoms with Crippen molar-refractivity contribution in [3.05, 3.63) is 24.3 Å². The van der Waals surface area contributed by atoms with E-state index in [1.165, 1.54) is 32.1 Å². The first kappa shape index (κ1) is 23.4. The highest BCUT2D eigenvalue weighted by atomic mass is 16.2.